The third kappa shape index (κ3) is 4.26. The quantitative estimate of drug-likeness (QED) is 0.343. The van der Waals surface area contributed by atoms with Crippen LogP contribution in [0.4, 0.5) is 8.78 Å². The molecule has 0 aliphatic heterocycles. The highest BCUT2D eigenvalue weighted by atomic mass is 19.3. The average molecular weight is 537 g/mol. The number of carbonyl (C=O) groups is 5. The molecule has 5 unspecified atom stereocenters. The number of esters is 3. The maximum absolute atomic E-state index is 13.5. The molecule has 0 radical (unpaired) electrons. The lowest BCUT2D eigenvalue weighted by molar-refractivity contribution is -0.194. The molecule has 208 valence electrons. The van der Waals surface area contributed by atoms with Crippen molar-refractivity contribution in [2.45, 2.75) is 83.2 Å². The van der Waals surface area contributed by atoms with E-state index < -0.39 is 54.0 Å². The normalized spacial score (nSPS) is 41.2. The topological polar surface area (TPSA) is 113 Å². The van der Waals surface area contributed by atoms with Gasteiger partial charge in [-0.1, -0.05) is 0 Å². The first-order valence-corrected chi connectivity index (χ1v) is 13.9. The van der Waals surface area contributed by atoms with E-state index in [0.29, 0.717) is 51.4 Å². The molecule has 8 aliphatic carbocycles. The van der Waals surface area contributed by atoms with E-state index in [1.807, 2.05) is 0 Å². The Kier molecular flexibility index (Phi) is 6.00. The van der Waals surface area contributed by atoms with E-state index in [-0.39, 0.29) is 41.2 Å². The van der Waals surface area contributed by atoms with Crippen LogP contribution >= 0.6 is 0 Å². The van der Waals surface area contributed by atoms with Crippen LogP contribution in [0.3, 0.4) is 0 Å². The standard InChI is InChI=1S/C28H34F2O8/c1-26(29,30)23(33)36-12-20(38-25(35)28-7-15-4-18(10-28)22(32)19(5-15)11-28)13-37-24(34)27-6-14-2-16(8-27)21(31)17(3-14)9-27/h14-20H,2-13H2,1H3. The van der Waals surface area contributed by atoms with Gasteiger partial charge in [-0.25, -0.2) is 4.79 Å². The fourth-order valence-corrected chi connectivity index (χ4v) is 9.00. The van der Waals surface area contributed by atoms with Gasteiger partial charge in [-0.15, -0.1) is 0 Å². The number of carbonyl (C=O) groups excluding carboxylic acids is 5. The van der Waals surface area contributed by atoms with Crippen LogP contribution in [0.1, 0.15) is 71.1 Å². The lowest BCUT2D eigenvalue weighted by atomic mass is 9.49. The van der Waals surface area contributed by atoms with E-state index in [4.69, 9.17) is 14.2 Å². The van der Waals surface area contributed by atoms with Crippen molar-refractivity contribution in [3.05, 3.63) is 0 Å². The summed E-state index contributed by atoms with van der Waals surface area (Å²) in [4.78, 5) is 63.5. The fourth-order valence-electron chi connectivity index (χ4n) is 9.00. The molecule has 0 saturated heterocycles. The molecule has 38 heavy (non-hydrogen) atoms. The van der Waals surface area contributed by atoms with Crippen molar-refractivity contribution in [1.29, 1.82) is 0 Å². The highest BCUT2D eigenvalue weighted by Gasteiger charge is 2.60. The van der Waals surface area contributed by atoms with E-state index in [2.05, 4.69) is 0 Å². The molecule has 8 bridgehead atoms. The molecule has 0 heterocycles. The maximum Gasteiger partial charge on any atom is 0.376 e. The third-order valence-corrected chi connectivity index (χ3v) is 10.3. The minimum Gasteiger partial charge on any atom is -0.461 e. The van der Waals surface area contributed by atoms with E-state index in [9.17, 15) is 32.8 Å². The summed E-state index contributed by atoms with van der Waals surface area (Å²) in [6, 6.07) is 0. The van der Waals surface area contributed by atoms with Gasteiger partial charge in [0.1, 0.15) is 24.8 Å². The van der Waals surface area contributed by atoms with Crippen molar-refractivity contribution in [3.8, 4) is 0 Å². The fraction of sp³-hybridized carbons (Fsp3) is 0.821. The monoisotopic (exact) mass is 536 g/mol. The molecule has 0 N–H and O–H groups in total. The molecule has 8 rings (SSSR count). The molecule has 8 saturated carbocycles. The SMILES string of the molecule is CC(F)(F)C(=O)OCC(COC(=O)C12CC3CC(C1)C(=O)C(C3)C2)OC(=O)C12CC3CC(C1)C(=O)C(C3)C2. The third-order valence-electron chi connectivity index (χ3n) is 10.3. The zero-order valence-corrected chi connectivity index (χ0v) is 21.5. The predicted octanol–water partition coefficient (Wildman–Crippen LogP) is 3.43. The molecule has 8 nitrogen and oxygen atoms in total. The van der Waals surface area contributed by atoms with Gasteiger partial charge in [0.15, 0.2) is 6.10 Å². The molecule has 8 aliphatic rings. The van der Waals surface area contributed by atoms with Crippen molar-refractivity contribution in [3.63, 3.8) is 0 Å². The Hall–Kier alpha value is -2.39. The number of halogens is 2. The molecular weight excluding hydrogens is 502 g/mol. The van der Waals surface area contributed by atoms with Gasteiger partial charge < -0.3 is 14.2 Å². The van der Waals surface area contributed by atoms with Crippen LogP contribution in [-0.2, 0) is 38.2 Å². The summed E-state index contributed by atoms with van der Waals surface area (Å²) in [7, 11) is 0. The Morgan fingerprint density at radius 1 is 0.763 bits per heavy atom. The van der Waals surface area contributed by atoms with Gasteiger partial charge in [-0.3, -0.25) is 19.2 Å². The first-order valence-electron chi connectivity index (χ1n) is 13.9. The van der Waals surface area contributed by atoms with Crippen molar-refractivity contribution in [2.75, 3.05) is 13.2 Å². The minimum absolute atomic E-state index is 0.131. The maximum atomic E-state index is 13.5. The van der Waals surface area contributed by atoms with Crippen LogP contribution in [0.5, 0.6) is 0 Å². The summed E-state index contributed by atoms with van der Waals surface area (Å²) in [6.07, 6.45) is 4.86. The largest absolute Gasteiger partial charge is 0.461 e. The lowest BCUT2D eigenvalue weighted by Gasteiger charge is -2.54. The van der Waals surface area contributed by atoms with Gasteiger partial charge in [-0.05, 0) is 76.0 Å². The van der Waals surface area contributed by atoms with Crippen molar-refractivity contribution in [1.82, 2.24) is 0 Å². The Bertz CT molecular complexity index is 1040. The van der Waals surface area contributed by atoms with Gasteiger partial charge in [0.25, 0.3) is 0 Å². The highest BCUT2D eigenvalue weighted by molar-refractivity contribution is 5.90. The second kappa shape index (κ2) is 8.81. The van der Waals surface area contributed by atoms with Crippen LogP contribution in [0, 0.1) is 46.3 Å². The highest BCUT2D eigenvalue weighted by Crippen LogP contribution is 2.60. The lowest BCUT2D eigenvalue weighted by Crippen LogP contribution is -2.56. The first-order chi connectivity index (χ1) is 17.9. The zero-order valence-electron chi connectivity index (χ0n) is 21.5. The molecule has 8 fully saturated rings. The van der Waals surface area contributed by atoms with Gasteiger partial charge in [0, 0.05) is 30.6 Å². The Labute approximate surface area is 219 Å². The number of ketones is 2. The van der Waals surface area contributed by atoms with Crippen LogP contribution in [0.2, 0.25) is 0 Å². The van der Waals surface area contributed by atoms with Crippen LogP contribution in [0.15, 0.2) is 0 Å². The number of hydrogen-bond donors (Lipinski definition) is 0. The van der Waals surface area contributed by atoms with Gasteiger partial charge in [0.2, 0.25) is 0 Å². The molecular formula is C28H34F2O8. The molecule has 0 aromatic carbocycles. The Morgan fingerprint density at radius 3 is 1.63 bits per heavy atom. The Balaban J connectivity index is 1.14. The summed E-state index contributed by atoms with van der Waals surface area (Å²) in [5.74, 6) is -6.09. The van der Waals surface area contributed by atoms with E-state index in [1.165, 1.54) is 0 Å². The zero-order chi connectivity index (χ0) is 27.0. The molecule has 0 aromatic heterocycles. The molecule has 10 heteroatoms. The molecule has 0 spiro atoms. The van der Waals surface area contributed by atoms with Crippen LogP contribution in [0.25, 0.3) is 0 Å². The predicted molar refractivity (Wildman–Crippen MR) is 124 cm³/mol. The number of ether oxygens (including phenoxy) is 3. The van der Waals surface area contributed by atoms with E-state index >= 15 is 0 Å². The smallest absolute Gasteiger partial charge is 0.376 e. The summed E-state index contributed by atoms with van der Waals surface area (Å²) in [5, 5.41) is 0. The number of Topliss-reactive ketones (excluding diaryl/α,β-unsaturated/α-hetero) is 2. The average Bonchev–Trinajstić information content (AvgIpc) is 2.85. The summed E-state index contributed by atoms with van der Waals surface area (Å²) < 4.78 is 42.9. The van der Waals surface area contributed by atoms with Crippen LogP contribution < -0.4 is 0 Å². The Morgan fingerprint density at radius 2 is 1.18 bits per heavy atom. The number of alkyl halides is 2. The minimum atomic E-state index is -3.72. The van der Waals surface area contributed by atoms with Crippen LogP contribution in [-0.4, -0.2) is 54.7 Å². The van der Waals surface area contributed by atoms with Gasteiger partial charge in [0.05, 0.1) is 10.8 Å². The summed E-state index contributed by atoms with van der Waals surface area (Å²) in [6.45, 7) is -0.697. The van der Waals surface area contributed by atoms with Crippen molar-refractivity contribution >= 4 is 29.5 Å². The first kappa shape index (κ1) is 25.9. The second-order valence-corrected chi connectivity index (χ2v) is 13.2. The molecule has 5 atom stereocenters. The summed E-state index contributed by atoms with van der Waals surface area (Å²) in [5.41, 5.74) is -1.59. The second-order valence-electron chi connectivity index (χ2n) is 13.2. The van der Waals surface area contributed by atoms with E-state index in [0.717, 1.165) is 25.7 Å². The van der Waals surface area contributed by atoms with Crippen molar-refractivity contribution in [2.24, 2.45) is 46.3 Å². The summed E-state index contributed by atoms with van der Waals surface area (Å²) >= 11 is 0. The molecule has 0 amide bonds. The van der Waals surface area contributed by atoms with E-state index in [1.54, 1.807) is 0 Å². The molecule has 0 aromatic rings. The number of hydrogen-bond acceptors (Lipinski definition) is 8. The van der Waals surface area contributed by atoms with Gasteiger partial charge >= 0.3 is 23.8 Å². The van der Waals surface area contributed by atoms with Crippen molar-refractivity contribution < 1.29 is 47.0 Å². The van der Waals surface area contributed by atoms with Gasteiger partial charge in [-0.2, -0.15) is 8.78 Å². The number of rotatable bonds is 8.